The van der Waals surface area contributed by atoms with Crippen molar-refractivity contribution in [3.05, 3.63) is 22.2 Å². The SMILES string of the molecule is COCC(C)c1nc(Cl)c2c(n1)CCCCC2. The van der Waals surface area contributed by atoms with Gasteiger partial charge in [0, 0.05) is 24.3 Å². The summed E-state index contributed by atoms with van der Waals surface area (Å²) in [6.07, 6.45) is 5.72. The largest absolute Gasteiger partial charge is 0.384 e. The summed E-state index contributed by atoms with van der Waals surface area (Å²) < 4.78 is 5.14. The van der Waals surface area contributed by atoms with Crippen LogP contribution in [0.5, 0.6) is 0 Å². The van der Waals surface area contributed by atoms with Crippen molar-refractivity contribution in [1.82, 2.24) is 9.97 Å². The van der Waals surface area contributed by atoms with Gasteiger partial charge in [0.1, 0.15) is 11.0 Å². The molecule has 0 aromatic carbocycles. The molecule has 0 N–H and O–H groups in total. The topological polar surface area (TPSA) is 35.0 Å². The maximum atomic E-state index is 6.27. The first-order chi connectivity index (χ1) is 8.22. The molecule has 4 heteroatoms. The molecular formula is C13H19ClN2O. The van der Waals surface area contributed by atoms with E-state index in [0.717, 1.165) is 29.9 Å². The Morgan fingerprint density at radius 2 is 2.00 bits per heavy atom. The predicted octanol–water partition coefficient (Wildman–Crippen LogP) is 3.15. The summed E-state index contributed by atoms with van der Waals surface area (Å²) in [5.41, 5.74) is 2.32. The van der Waals surface area contributed by atoms with Gasteiger partial charge in [-0.25, -0.2) is 9.97 Å². The summed E-state index contributed by atoms with van der Waals surface area (Å²) in [6.45, 7) is 2.70. The number of ether oxygens (including phenoxy) is 1. The van der Waals surface area contributed by atoms with E-state index in [1.165, 1.54) is 19.3 Å². The zero-order valence-corrected chi connectivity index (χ0v) is 11.3. The van der Waals surface area contributed by atoms with Gasteiger partial charge in [-0.05, 0) is 25.7 Å². The molecule has 17 heavy (non-hydrogen) atoms. The molecule has 1 aliphatic rings. The van der Waals surface area contributed by atoms with Gasteiger partial charge in [-0.2, -0.15) is 0 Å². The summed E-state index contributed by atoms with van der Waals surface area (Å²) >= 11 is 6.27. The average Bonchev–Trinajstić information content (AvgIpc) is 2.54. The van der Waals surface area contributed by atoms with Crippen molar-refractivity contribution in [2.45, 2.75) is 44.9 Å². The van der Waals surface area contributed by atoms with Crippen molar-refractivity contribution in [3.63, 3.8) is 0 Å². The molecule has 1 heterocycles. The number of nitrogens with zero attached hydrogens (tertiary/aromatic N) is 2. The zero-order valence-electron chi connectivity index (χ0n) is 10.5. The fraction of sp³-hybridized carbons (Fsp3) is 0.692. The molecule has 94 valence electrons. The van der Waals surface area contributed by atoms with E-state index < -0.39 is 0 Å². The average molecular weight is 255 g/mol. The lowest BCUT2D eigenvalue weighted by Crippen LogP contribution is -2.11. The molecule has 1 aromatic rings. The van der Waals surface area contributed by atoms with Crippen LogP contribution in [0.4, 0.5) is 0 Å². The lowest BCUT2D eigenvalue weighted by atomic mass is 10.1. The van der Waals surface area contributed by atoms with Crippen LogP contribution in [0, 0.1) is 0 Å². The smallest absolute Gasteiger partial charge is 0.136 e. The van der Waals surface area contributed by atoms with E-state index in [2.05, 4.69) is 16.9 Å². The number of fused-ring (bicyclic) bond motifs is 1. The highest BCUT2D eigenvalue weighted by atomic mass is 35.5. The number of halogens is 1. The number of aryl methyl sites for hydroxylation is 1. The third kappa shape index (κ3) is 2.96. The van der Waals surface area contributed by atoms with Crippen LogP contribution in [-0.2, 0) is 17.6 Å². The Kier molecular flexibility index (Phi) is 4.35. The Labute approximate surface area is 108 Å². The molecule has 0 aliphatic heterocycles. The van der Waals surface area contributed by atoms with E-state index in [-0.39, 0.29) is 5.92 Å². The summed E-state index contributed by atoms with van der Waals surface area (Å²) in [7, 11) is 1.70. The van der Waals surface area contributed by atoms with Crippen molar-refractivity contribution in [2.24, 2.45) is 0 Å². The summed E-state index contributed by atoms with van der Waals surface area (Å²) in [5, 5.41) is 0.648. The first-order valence-corrected chi connectivity index (χ1v) is 6.64. The van der Waals surface area contributed by atoms with Crippen LogP contribution in [0.1, 0.15) is 49.2 Å². The molecule has 1 atom stereocenters. The fourth-order valence-corrected chi connectivity index (χ4v) is 2.58. The lowest BCUT2D eigenvalue weighted by molar-refractivity contribution is 0.181. The predicted molar refractivity (Wildman–Crippen MR) is 68.6 cm³/mol. The number of rotatable bonds is 3. The van der Waals surface area contributed by atoms with E-state index >= 15 is 0 Å². The molecule has 0 amide bonds. The summed E-state index contributed by atoms with van der Waals surface area (Å²) in [4.78, 5) is 9.10. The van der Waals surface area contributed by atoms with Gasteiger partial charge in [-0.15, -0.1) is 0 Å². The quantitative estimate of drug-likeness (QED) is 0.614. The van der Waals surface area contributed by atoms with E-state index in [1.54, 1.807) is 7.11 Å². The minimum atomic E-state index is 0.200. The second-order valence-electron chi connectivity index (χ2n) is 4.71. The van der Waals surface area contributed by atoms with Gasteiger partial charge in [-0.3, -0.25) is 0 Å². The van der Waals surface area contributed by atoms with Crippen molar-refractivity contribution >= 4 is 11.6 Å². The van der Waals surface area contributed by atoms with Gasteiger partial charge in [0.15, 0.2) is 0 Å². The third-order valence-corrected chi connectivity index (χ3v) is 3.57. The molecule has 1 aromatic heterocycles. The monoisotopic (exact) mass is 254 g/mol. The minimum Gasteiger partial charge on any atom is -0.384 e. The highest BCUT2D eigenvalue weighted by Crippen LogP contribution is 2.26. The molecule has 2 rings (SSSR count). The lowest BCUT2D eigenvalue weighted by Gasteiger charge is -2.13. The van der Waals surface area contributed by atoms with Crippen LogP contribution in [0.15, 0.2) is 0 Å². The van der Waals surface area contributed by atoms with E-state index in [9.17, 15) is 0 Å². The first kappa shape index (κ1) is 12.8. The van der Waals surface area contributed by atoms with Crippen molar-refractivity contribution in [2.75, 3.05) is 13.7 Å². The molecule has 0 radical (unpaired) electrons. The molecule has 0 fully saturated rings. The van der Waals surface area contributed by atoms with E-state index in [4.69, 9.17) is 16.3 Å². The normalized spacial score (nSPS) is 17.4. The van der Waals surface area contributed by atoms with Gasteiger partial charge in [-0.1, -0.05) is 24.9 Å². The highest BCUT2D eigenvalue weighted by Gasteiger charge is 2.18. The Morgan fingerprint density at radius 3 is 2.76 bits per heavy atom. The number of methoxy groups -OCH3 is 1. The summed E-state index contributed by atoms with van der Waals surface area (Å²) in [6, 6.07) is 0. The van der Waals surface area contributed by atoms with Crippen molar-refractivity contribution in [1.29, 1.82) is 0 Å². The maximum absolute atomic E-state index is 6.27. The first-order valence-electron chi connectivity index (χ1n) is 6.26. The minimum absolute atomic E-state index is 0.200. The Bertz CT molecular complexity index is 395. The Balaban J connectivity index is 2.31. The van der Waals surface area contributed by atoms with Crippen LogP contribution in [0.2, 0.25) is 5.15 Å². The molecule has 1 unspecified atom stereocenters. The Morgan fingerprint density at radius 1 is 1.24 bits per heavy atom. The van der Waals surface area contributed by atoms with Crippen LogP contribution < -0.4 is 0 Å². The zero-order chi connectivity index (χ0) is 12.3. The van der Waals surface area contributed by atoms with Crippen LogP contribution >= 0.6 is 11.6 Å². The standard InChI is InChI=1S/C13H19ClN2O/c1-9(8-17-2)13-15-11-7-5-3-4-6-10(11)12(14)16-13/h9H,3-8H2,1-2H3. The van der Waals surface area contributed by atoms with Crippen molar-refractivity contribution in [3.8, 4) is 0 Å². The van der Waals surface area contributed by atoms with Crippen LogP contribution in [-0.4, -0.2) is 23.7 Å². The van der Waals surface area contributed by atoms with Crippen LogP contribution in [0.25, 0.3) is 0 Å². The van der Waals surface area contributed by atoms with E-state index in [1.807, 2.05) is 0 Å². The van der Waals surface area contributed by atoms with Gasteiger partial charge in [0.25, 0.3) is 0 Å². The van der Waals surface area contributed by atoms with Gasteiger partial charge in [0.05, 0.1) is 6.61 Å². The van der Waals surface area contributed by atoms with Crippen molar-refractivity contribution < 1.29 is 4.74 Å². The van der Waals surface area contributed by atoms with E-state index in [0.29, 0.717) is 11.8 Å². The Hall–Kier alpha value is -0.670. The van der Waals surface area contributed by atoms with Gasteiger partial charge in [0.2, 0.25) is 0 Å². The molecule has 0 saturated heterocycles. The molecular weight excluding hydrogens is 236 g/mol. The highest BCUT2D eigenvalue weighted by molar-refractivity contribution is 6.30. The van der Waals surface area contributed by atoms with Gasteiger partial charge >= 0.3 is 0 Å². The molecule has 0 spiro atoms. The third-order valence-electron chi connectivity index (χ3n) is 3.26. The van der Waals surface area contributed by atoms with Gasteiger partial charge < -0.3 is 4.74 Å². The molecule has 3 nitrogen and oxygen atoms in total. The molecule has 0 saturated carbocycles. The number of hydrogen-bond acceptors (Lipinski definition) is 3. The second kappa shape index (κ2) is 5.78. The molecule has 1 aliphatic carbocycles. The second-order valence-corrected chi connectivity index (χ2v) is 5.07. The number of hydrogen-bond donors (Lipinski definition) is 0. The maximum Gasteiger partial charge on any atom is 0.136 e. The number of aromatic nitrogens is 2. The summed E-state index contributed by atoms with van der Waals surface area (Å²) in [5.74, 6) is 1.02. The molecule has 0 bridgehead atoms. The van der Waals surface area contributed by atoms with Crippen LogP contribution in [0.3, 0.4) is 0 Å². The fourth-order valence-electron chi connectivity index (χ4n) is 2.29.